The first-order valence-electron chi connectivity index (χ1n) is 6.59. The van der Waals surface area contributed by atoms with Crippen molar-refractivity contribution in [2.24, 2.45) is 0 Å². The zero-order valence-corrected chi connectivity index (χ0v) is 12.5. The van der Waals surface area contributed by atoms with Gasteiger partial charge < -0.3 is 5.32 Å². The maximum Gasteiger partial charge on any atom is 0.440 e. The normalized spacial score (nSPS) is 21.4. The second-order valence-electron chi connectivity index (χ2n) is 5.29. The Hall–Kier alpha value is -2.58. The summed E-state index contributed by atoms with van der Waals surface area (Å²) in [4.78, 5) is 35.9. The Morgan fingerprint density at radius 3 is 2.35 bits per heavy atom. The van der Waals surface area contributed by atoms with Crippen molar-refractivity contribution in [1.82, 2.24) is 10.6 Å². The largest absolute Gasteiger partial charge is 0.440 e. The average Bonchev–Trinajstić information content (AvgIpc) is 2.62. The van der Waals surface area contributed by atoms with Gasteiger partial charge in [0, 0.05) is 6.92 Å². The summed E-state index contributed by atoms with van der Waals surface area (Å²) in [6, 6.07) is 3.31. The van der Waals surface area contributed by atoms with Crippen molar-refractivity contribution in [3.8, 4) is 0 Å². The minimum atomic E-state index is -5.20. The number of alkyl halides is 3. The van der Waals surface area contributed by atoms with Crippen molar-refractivity contribution in [1.29, 1.82) is 0 Å². The van der Waals surface area contributed by atoms with Gasteiger partial charge in [0.15, 0.2) is 0 Å². The third-order valence-corrected chi connectivity index (χ3v) is 3.40. The molecule has 1 aromatic carbocycles. The van der Waals surface area contributed by atoms with Gasteiger partial charge in [-0.15, -0.1) is 0 Å². The van der Waals surface area contributed by atoms with Gasteiger partial charge in [-0.2, -0.15) is 13.2 Å². The molecule has 0 unspecified atom stereocenters. The summed E-state index contributed by atoms with van der Waals surface area (Å²) in [5, 5.41) is 3.08. The lowest BCUT2D eigenvalue weighted by molar-refractivity contribution is -0.201. The molecule has 2 N–H and O–H groups in total. The minimum Gasteiger partial charge on any atom is -0.318 e. The molecule has 0 saturated carbocycles. The fourth-order valence-corrected chi connectivity index (χ4v) is 2.42. The molecule has 0 radical (unpaired) electrons. The van der Waals surface area contributed by atoms with Crippen molar-refractivity contribution in [2.45, 2.75) is 32.6 Å². The van der Waals surface area contributed by atoms with E-state index in [1.54, 1.807) is 31.3 Å². The minimum absolute atomic E-state index is 0.0228. The topological polar surface area (TPSA) is 78.5 Å². The van der Waals surface area contributed by atoms with Crippen molar-refractivity contribution in [2.75, 3.05) is 4.90 Å². The predicted molar refractivity (Wildman–Crippen MR) is 74.5 cm³/mol. The number of anilines is 1. The fourth-order valence-electron chi connectivity index (χ4n) is 2.42. The van der Waals surface area contributed by atoms with Crippen LogP contribution in [0.4, 0.5) is 23.7 Å². The third kappa shape index (κ3) is 2.62. The summed E-state index contributed by atoms with van der Waals surface area (Å²) in [6.07, 6.45) is -5.20. The standard InChI is InChI=1S/C14H14F3N3O3/c1-7-4-5-10(8(2)6-7)20-11(22)13(14(15,16)17,18-9(3)21)19-12(20)23/h4-6H,1-3H3,(H,18,21)(H,19,23)/t13-/m0/s1. The number of urea groups is 1. The van der Waals surface area contributed by atoms with Crippen LogP contribution in [-0.2, 0) is 9.59 Å². The molecule has 1 atom stereocenters. The number of halogens is 3. The molecule has 1 heterocycles. The van der Waals surface area contributed by atoms with Crippen molar-refractivity contribution in [3.63, 3.8) is 0 Å². The highest BCUT2D eigenvalue weighted by atomic mass is 19.4. The highest BCUT2D eigenvalue weighted by Gasteiger charge is 2.69. The van der Waals surface area contributed by atoms with E-state index in [2.05, 4.69) is 0 Å². The van der Waals surface area contributed by atoms with Crippen LogP contribution in [0.25, 0.3) is 0 Å². The monoisotopic (exact) mass is 329 g/mol. The van der Waals surface area contributed by atoms with E-state index < -0.39 is 29.7 Å². The highest BCUT2D eigenvalue weighted by molar-refractivity contribution is 6.24. The molecule has 9 heteroatoms. The van der Waals surface area contributed by atoms with Crippen molar-refractivity contribution in [3.05, 3.63) is 29.3 Å². The molecule has 1 aliphatic heterocycles. The Morgan fingerprint density at radius 2 is 1.87 bits per heavy atom. The predicted octanol–water partition coefficient (Wildman–Crippen LogP) is 1.75. The second kappa shape index (κ2) is 5.25. The number of nitrogens with zero attached hydrogens (tertiary/aromatic N) is 1. The Balaban J connectivity index is 2.55. The number of imide groups is 1. The molecular weight excluding hydrogens is 315 g/mol. The van der Waals surface area contributed by atoms with Gasteiger partial charge >= 0.3 is 12.2 Å². The first-order chi connectivity index (χ1) is 10.5. The lowest BCUT2D eigenvalue weighted by atomic mass is 10.1. The molecule has 0 aromatic heterocycles. The Labute approximate surface area is 129 Å². The van der Waals surface area contributed by atoms with E-state index in [1.807, 2.05) is 0 Å². The Morgan fingerprint density at radius 1 is 1.26 bits per heavy atom. The number of benzene rings is 1. The lowest BCUT2D eigenvalue weighted by Gasteiger charge is -2.29. The van der Waals surface area contributed by atoms with Crippen LogP contribution in [0.5, 0.6) is 0 Å². The van der Waals surface area contributed by atoms with Gasteiger partial charge in [0.25, 0.3) is 11.6 Å². The quantitative estimate of drug-likeness (QED) is 0.812. The van der Waals surface area contributed by atoms with Crippen molar-refractivity contribution >= 4 is 23.5 Å². The second-order valence-corrected chi connectivity index (χ2v) is 5.29. The molecule has 1 fully saturated rings. The molecule has 6 nitrogen and oxygen atoms in total. The zero-order chi connectivity index (χ0) is 17.6. The van der Waals surface area contributed by atoms with E-state index in [4.69, 9.17) is 0 Å². The zero-order valence-electron chi connectivity index (χ0n) is 12.5. The summed E-state index contributed by atoms with van der Waals surface area (Å²) in [7, 11) is 0. The van der Waals surface area contributed by atoms with E-state index in [9.17, 15) is 27.6 Å². The molecule has 1 aliphatic rings. The van der Waals surface area contributed by atoms with Crippen molar-refractivity contribution < 1.29 is 27.6 Å². The van der Waals surface area contributed by atoms with Crippen LogP contribution in [0.15, 0.2) is 18.2 Å². The highest BCUT2D eigenvalue weighted by Crippen LogP contribution is 2.36. The van der Waals surface area contributed by atoms with Gasteiger partial charge in [0.1, 0.15) is 0 Å². The number of carbonyl (C=O) groups excluding carboxylic acids is 3. The van der Waals surface area contributed by atoms with Crippen LogP contribution in [0, 0.1) is 13.8 Å². The molecular formula is C14H14F3N3O3. The number of nitrogens with one attached hydrogen (secondary N) is 2. The summed E-state index contributed by atoms with van der Waals surface area (Å²) < 4.78 is 40.1. The van der Waals surface area contributed by atoms with Gasteiger partial charge in [-0.1, -0.05) is 17.7 Å². The maximum absolute atomic E-state index is 13.4. The first kappa shape index (κ1) is 16.8. The van der Waals surface area contributed by atoms with Gasteiger partial charge in [0.05, 0.1) is 5.69 Å². The first-order valence-corrected chi connectivity index (χ1v) is 6.59. The lowest BCUT2D eigenvalue weighted by Crippen LogP contribution is -2.69. The molecule has 2 rings (SSSR count). The van der Waals surface area contributed by atoms with Crippen LogP contribution >= 0.6 is 0 Å². The molecule has 1 aromatic rings. The summed E-state index contributed by atoms with van der Waals surface area (Å²) in [6.45, 7) is 4.15. The number of hydrogen-bond acceptors (Lipinski definition) is 3. The van der Waals surface area contributed by atoms with Crippen LogP contribution in [0.3, 0.4) is 0 Å². The number of amides is 4. The molecule has 0 bridgehead atoms. The SMILES string of the molecule is CC(=O)N[C@]1(C(F)(F)F)NC(=O)N(c2ccc(C)cc2C)C1=O. The fraction of sp³-hybridized carbons (Fsp3) is 0.357. The number of aryl methyl sites for hydroxylation is 2. The maximum atomic E-state index is 13.4. The number of rotatable bonds is 2. The van der Waals surface area contributed by atoms with Crippen LogP contribution in [0.2, 0.25) is 0 Å². The van der Waals surface area contributed by atoms with Gasteiger partial charge in [-0.05, 0) is 25.5 Å². The molecule has 0 spiro atoms. The summed E-state index contributed by atoms with van der Waals surface area (Å²) >= 11 is 0. The third-order valence-electron chi connectivity index (χ3n) is 3.40. The Bertz CT molecular complexity index is 702. The van der Waals surface area contributed by atoms with Gasteiger partial charge in [-0.3, -0.25) is 14.9 Å². The molecule has 0 aliphatic carbocycles. The van der Waals surface area contributed by atoms with E-state index in [0.29, 0.717) is 10.5 Å². The van der Waals surface area contributed by atoms with E-state index in [0.717, 1.165) is 12.5 Å². The molecule has 4 amide bonds. The number of carbonyl (C=O) groups is 3. The van der Waals surface area contributed by atoms with Gasteiger partial charge in [-0.25, -0.2) is 9.69 Å². The average molecular weight is 329 g/mol. The summed E-state index contributed by atoms with van der Waals surface area (Å²) in [5.41, 5.74) is -2.17. The van der Waals surface area contributed by atoms with Crippen LogP contribution < -0.4 is 15.5 Å². The van der Waals surface area contributed by atoms with Gasteiger partial charge in [0.2, 0.25) is 5.91 Å². The van der Waals surface area contributed by atoms with E-state index >= 15 is 0 Å². The molecule has 124 valence electrons. The summed E-state index contributed by atoms with van der Waals surface area (Å²) in [5.74, 6) is -2.70. The van der Waals surface area contributed by atoms with E-state index in [1.165, 1.54) is 11.4 Å². The number of hydrogen-bond donors (Lipinski definition) is 2. The smallest absolute Gasteiger partial charge is 0.318 e. The van der Waals surface area contributed by atoms with E-state index in [-0.39, 0.29) is 5.69 Å². The van der Waals surface area contributed by atoms with Crippen LogP contribution in [-0.4, -0.2) is 29.7 Å². The molecule has 23 heavy (non-hydrogen) atoms. The van der Waals surface area contributed by atoms with Crippen LogP contribution in [0.1, 0.15) is 18.1 Å². The molecule has 1 saturated heterocycles. The Kier molecular flexibility index (Phi) is 3.83.